The third-order valence-corrected chi connectivity index (χ3v) is 2.10. The van der Waals surface area contributed by atoms with E-state index in [1.165, 1.54) is 0 Å². The van der Waals surface area contributed by atoms with Crippen molar-refractivity contribution in [3.63, 3.8) is 0 Å². The van der Waals surface area contributed by atoms with E-state index >= 15 is 0 Å². The zero-order valence-corrected chi connectivity index (χ0v) is 8.58. The highest BCUT2D eigenvalue weighted by Crippen LogP contribution is 1.95. The van der Waals surface area contributed by atoms with Gasteiger partial charge in [0, 0.05) is 13.1 Å². The molecule has 1 fully saturated rings. The van der Waals surface area contributed by atoms with E-state index in [-0.39, 0.29) is 31.4 Å². The highest BCUT2D eigenvalue weighted by Gasteiger charge is 2.16. The van der Waals surface area contributed by atoms with E-state index in [9.17, 15) is 9.59 Å². The molecule has 1 rings (SSSR count). The van der Waals surface area contributed by atoms with E-state index in [1.54, 1.807) is 0 Å². The van der Waals surface area contributed by atoms with Gasteiger partial charge < -0.3 is 10.6 Å². The van der Waals surface area contributed by atoms with Crippen LogP contribution in [0.2, 0.25) is 0 Å². The Hall–Kier alpha value is -1.54. The van der Waals surface area contributed by atoms with Crippen molar-refractivity contribution in [3.8, 4) is 12.3 Å². The van der Waals surface area contributed by atoms with Gasteiger partial charge in [-0.3, -0.25) is 14.5 Å². The Morgan fingerprint density at radius 3 is 3.20 bits per heavy atom. The van der Waals surface area contributed by atoms with Crippen molar-refractivity contribution in [2.24, 2.45) is 0 Å². The molecule has 5 nitrogen and oxygen atoms in total. The molecule has 1 aliphatic heterocycles. The zero-order chi connectivity index (χ0) is 11.1. The summed E-state index contributed by atoms with van der Waals surface area (Å²) in [6.07, 6.45) is 5.88. The molecule has 1 aliphatic rings. The molecule has 1 heterocycles. The van der Waals surface area contributed by atoms with Crippen LogP contribution in [0.5, 0.6) is 0 Å². The first-order chi connectivity index (χ1) is 7.22. The lowest BCUT2D eigenvalue weighted by Gasteiger charge is -2.17. The maximum Gasteiger partial charge on any atom is 0.234 e. The van der Waals surface area contributed by atoms with Crippen LogP contribution in [-0.2, 0) is 9.59 Å². The van der Waals surface area contributed by atoms with Gasteiger partial charge in [-0.1, -0.05) is 5.92 Å². The molecule has 0 aromatic rings. The van der Waals surface area contributed by atoms with Gasteiger partial charge in [-0.25, -0.2) is 0 Å². The molecule has 5 heteroatoms. The lowest BCUT2D eigenvalue weighted by atomic mass is 10.4. The SMILES string of the molecule is C#CCNC(=O)CN1CCCNC(=O)C1. The minimum Gasteiger partial charge on any atom is -0.355 e. The Labute approximate surface area is 89.2 Å². The van der Waals surface area contributed by atoms with Gasteiger partial charge in [-0.15, -0.1) is 6.42 Å². The van der Waals surface area contributed by atoms with Crippen molar-refractivity contribution in [1.82, 2.24) is 15.5 Å². The van der Waals surface area contributed by atoms with Gasteiger partial charge in [0.15, 0.2) is 0 Å². The molecule has 0 atom stereocenters. The predicted molar refractivity (Wildman–Crippen MR) is 55.9 cm³/mol. The minimum absolute atomic E-state index is 0.0303. The fraction of sp³-hybridized carbons (Fsp3) is 0.600. The fourth-order valence-corrected chi connectivity index (χ4v) is 1.41. The molecule has 0 bridgehead atoms. The standard InChI is InChI=1S/C10H15N3O2/c1-2-4-11-9(14)7-13-6-3-5-12-10(15)8-13/h1H,3-8H2,(H,11,14)(H,12,15). The number of hydrogen-bond donors (Lipinski definition) is 2. The summed E-state index contributed by atoms with van der Waals surface area (Å²) in [5.41, 5.74) is 0. The Balaban J connectivity index is 2.33. The van der Waals surface area contributed by atoms with Crippen molar-refractivity contribution in [1.29, 1.82) is 0 Å². The van der Waals surface area contributed by atoms with Crippen molar-refractivity contribution in [2.75, 3.05) is 32.7 Å². The lowest BCUT2D eigenvalue weighted by Crippen LogP contribution is -2.40. The Morgan fingerprint density at radius 1 is 1.67 bits per heavy atom. The van der Waals surface area contributed by atoms with Gasteiger partial charge >= 0.3 is 0 Å². The van der Waals surface area contributed by atoms with Crippen LogP contribution in [0.3, 0.4) is 0 Å². The first kappa shape index (κ1) is 11.5. The highest BCUT2D eigenvalue weighted by molar-refractivity contribution is 5.81. The van der Waals surface area contributed by atoms with E-state index in [1.807, 2.05) is 4.90 Å². The average molecular weight is 209 g/mol. The molecule has 0 unspecified atom stereocenters. The van der Waals surface area contributed by atoms with E-state index in [0.29, 0.717) is 6.54 Å². The monoisotopic (exact) mass is 209 g/mol. The summed E-state index contributed by atoms with van der Waals surface area (Å²) in [5.74, 6) is 2.16. The maximum absolute atomic E-state index is 11.3. The van der Waals surface area contributed by atoms with Gasteiger partial charge in [-0.2, -0.15) is 0 Å². The first-order valence-corrected chi connectivity index (χ1v) is 4.91. The van der Waals surface area contributed by atoms with Crippen LogP contribution in [-0.4, -0.2) is 49.4 Å². The number of hydrogen-bond acceptors (Lipinski definition) is 3. The third-order valence-electron chi connectivity index (χ3n) is 2.10. The van der Waals surface area contributed by atoms with E-state index in [4.69, 9.17) is 6.42 Å². The number of nitrogens with one attached hydrogen (secondary N) is 2. The van der Waals surface area contributed by atoms with Crippen LogP contribution in [0.4, 0.5) is 0 Å². The molecule has 0 aliphatic carbocycles. The summed E-state index contributed by atoms with van der Waals surface area (Å²) in [6, 6.07) is 0. The maximum atomic E-state index is 11.3. The first-order valence-electron chi connectivity index (χ1n) is 4.91. The van der Waals surface area contributed by atoms with Crippen LogP contribution in [0, 0.1) is 12.3 Å². The predicted octanol–water partition coefficient (Wildman–Crippen LogP) is -1.44. The van der Waals surface area contributed by atoms with E-state index in [0.717, 1.165) is 13.0 Å². The number of carbonyl (C=O) groups excluding carboxylic acids is 2. The molecular weight excluding hydrogens is 194 g/mol. The third kappa shape index (κ3) is 4.47. The summed E-state index contributed by atoms with van der Waals surface area (Å²) in [5, 5.41) is 5.31. The van der Waals surface area contributed by atoms with Crippen LogP contribution < -0.4 is 10.6 Å². The van der Waals surface area contributed by atoms with Crippen LogP contribution in [0.25, 0.3) is 0 Å². The summed E-state index contributed by atoms with van der Waals surface area (Å²) in [6.45, 7) is 2.18. The topological polar surface area (TPSA) is 61.4 Å². The summed E-state index contributed by atoms with van der Waals surface area (Å²) < 4.78 is 0. The van der Waals surface area contributed by atoms with E-state index < -0.39 is 0 Å². The number of terminal acetylenes is 1. The average Bonchev–Trinajstić information content (AvgIpc) is 2.39. The zero-order valence-electron chi connectivity index (χ0n) is 8.58. The molecule has 0 saturated carbocycles. The van der Waals surface area contributed by atoms with Gasteiger partial charge in [0.2, 0.25) is 11.8 Å². The highest BCUT2D eigenvalue weighted by atomic mass is 16.2. The molecule has 15 heavy (non-hydrogen) atoms. The van der Waals surface area contributed by atoms with Crippen molar-refractivity contribution in [2.45, 2.75) is 6.42 Å². The van der Waals surface area contributed by atoms with E-state index in [2.05, 4.69) is 16.6 Å². The number of nitrogens with zero attached hydrogens (tertiary/aromatic N) is 1. The molecule has 0 aromatic carbocycles. The molecule has 82 valence electrons. The van der Waals surface area contributed by atoms with Crippen molar-refractivity contribution < 1.29 is 9.59 Å². The number of amides is 2. The Bertz CT molecular complexity index is 283. The summed E-state index contributed by atoms with van der Waals surface area (Å²) in [7, 11) is 0. The number of carbonyl (C=O) groups is 2. The van der Waals surface area contributed by atoms with Gasteiger partial charge in [0.25, 0.3) is 0 Å². The van der Waals surface area contributed by atoms with Crippen LogP contribution in [0.15, 0.2) is 0 Å². The fourth-order valence-electron chi connectivity index (χ4n) is 1.41. The second-order valence-corrected chi connectivity index (χ2v) is 3.40. The molecular formula is C10H15N3O2. The van der Waals surface area contributed by atoms with Gasteiger partial charge in [-0.05, 0) is 6.42 Å². The summed E-state index contributed by atoms with van der Waals surface area (Å²) in [4.78, 5) is 24.3. The summed E-state index contributed by atoms with van der Waals surface area (Å²) >= 11 is 0. The molecule has 1 saturated heterocycles. The van der Waals surface area contributed by atoms with Gasteiger partial charge in [0.1, 0.15) is 0 Å². The molecule has 0 radical (unpaired) electrons. The van der Waals surface area contributed by atoms with Crippen molar-refractivity contribution in [3.05, 3.63) is 0 Å². The quantitative estimate of drug-likeness (QED) is 0.559. The Kier molecular flexibility index (Phi) is 4.64. The largest absolute Gasteiger partial charge is 0.355 e. The number of rotatable bonds is 3. The molecule has 0 aromatic heterocycles. The van der Waals surface area contributed by atoms with Crippen LogP contribution >= 0.6 is 0 Å². The second-order valence-electron chi connectivity index (χ2n) is 3.40. The lowest BCUT2D eigenvalue weighted by molar-refractivity contribution is -0.124. The molecule has 0 spiro atoms. The Morgan fingerprint density at radius 2 is 2.47 bits per heavy atom. The normalized spacial score (nSPS) is 17.4. The van der Waals surface area contributed by atoms with Gasteiger partial charge in [0.05, 0.1) is 19.6 Å². The molecule has 2 N–H and O–H groups in total. The molecule has 2 amide bonds. The second kappa shape index (κ2) is 6.04. The van der Waals surface area contributed by atoms with Crippen molar-refractivity contribution >= 4 is 11.8 Å². The van der Waals surface area contributed by atoms with Crippen LogP contribution in [0.1, 0.15) is 6.42 Å². The minimum atomic E-state index is -0.136. The smallest absolute Gasteiger partial charge is 0.234 e.